The Hall–Kier alpha value is -3.27. The van der Waals surface area contributed by atoms with E-state index >= 15 is 0 Å². The van der Waals surface area contributed by atoms with Crippen LogP contribution in [0.5, 0.6) is 0 Å². The largest absolute Gasteiger partial charge is 0.355 e. The van der Waals surface area contributed by atoms with Crippen molar-refractivity contribution in [2.45, 2.75) is 26.3 Å². The van der Waals surface area contributed by atoms with Crippen molar-refractivity contribution in [2.75, 3.05) is 18.0 Å². The molecule has 3 aromatic rings. The molecule has 0 aliphatic carbocycles. The molecule has 0 radical (unpaired) electrons. The highest BCUT2D eigenvalue weighted by Crippen LogP contribution is 2.25. The number of pyridine rings is 1. The summed E-state index contributed by atoms with van der Waals surface area (Å²) in [5.74, 6) is 0.683. The van der Waals surface area contributed by atoms with Crippen molar-refractivity contribution in [3.63, 3.8) is 0 Å². The molecule has 1 aliphatic heterocycles. The van der Waals surface area contributed by atoms with E-state index in [-0.39, 0.29) is 5.56 Å². The van der Waals surface area contributed by atoms with Gasteiger partial charge in [-0.05, 0) is 49.9 Å². The molecule has 0 saturated carbocycles. The molecule has 6 nitrogen and oxygen atoms in total. The van der Waals surface area contributed by atoms with E-state index in [0.717, 1.165) is 37.4 Å². The second-order valence-corrected chi connectivity index (χ2v) is 7.23. The molecule has 0 unspecified atom stereocenters. The molecule has 0 N–H and O–H groups in total. The predicted molar refractivity (Wildman–Crippen MR) is 105 cm³/mol. The Morgan fingerprint density at radius 3 is 2.79 bits per heavy atom. The van der Waals surface area contributed by atoms with E-state index in [9.17, 15) is 14.4 Å². The smallest absolute Gasteiger partial charge is 0.261 e. The van der Waals surface area contributed by atoms with E-state index in [1.54, 1.807) is 4.57 Å². The molecule has 1 saturated heterocycles. The molecule has 2 aromatic heterocycles. The van der Waals surface area contributed by atoms with Crippen LogP contribution in [-0.2, 0) is 6.54 Å². The molecule has 28 heavy (non-hydrogen) atoms. The number of hydrogen-bond acceptors (Lipinski definition) is 5. The Morgan fingerprint density at radius 2 is 2.04 bits per heavy atom. The van der Waals surface area contributed by atoms with Gasteiger partial charge in [0.15, 0.2) is 0 Å². The van der Waals surface area contributed by atoms with Gasteiger partial charge in [0, 0.05) is 31.4 Å². The van der Waals surface area contributed by atoms with Crippen molar-refractivity contribution >= 4 is 16.7 Å². The van der Waals surface area contributed by atoms with Crippen LogP contribution in [0.2, 0.25) is 0 Å². The van der Waals surface area contributed by atoms with Crippen molar-refractivity contribution in [3.05, 3.63) is 64.1 Å². The monoisotopic (exact) mass is 377 g/mol. The van der Waals surface area contributed by atoms with Crippen LogP contribution in [-0.4, -0.2) is 27.6 Å². The first-order valence-corrected chi connectivity index (χ1v) is 9.32. The van der Waals surface area contributed by atoms with Gasteiger partial charge < -0.3 is 4.90 Å². The van der Waals surface area contributed by atoms with Gasteiger partial charge in [-0.3, -0.25) is 9.36 Å². The van der Waals surface area contributed by atoms with E-state index < -0.39 is 5.82 Å². The first kappa shape index (κ1) is 18.1. The maximum Gasteiger partial charge on any atom is 0.261 e. The molecule has 3 heterocycles. The van der Waals surface area contributed by atoms with E-state index in [0.29, 0.717) is 28.9 Å². The fourth-order valence-corrected chi connectivity index (χ4v) is 3.74. The number of fused-ring (bicyclic) bond motifs is 1. The Labute approximate surface area is 161 Å². The summed E-state index contributed by atoms with van der Waals surface area (Å²) >= 11 is 0. The van der Waals surface area contributed by atoms with Gasteiger partial charge in [0.25, 0.3) is 5.56 Å². The molecule has 0 bridgehead atoms. The maximum absolute atomic E-state index is 13.3. The molecule has 0 amide bonds. The van der Waals surface area contributed by atoms with Crippen LogP contribution in [0.15, 0.2) is 41.5 Å². The van der Waals surface area contributed by atoms with E-state index in [2.05, 4.69) is 20.9 Å². The molecule has 1 aromatic carbocycles. The fraction of sp³-hybridized carbons (Fsp3) is 0.333. The van der Waals surface area contributed by atoms with Crippen LogP contribution < -0.4 is 10.5 Å². The highest BCUT2D eigenvalue weighted by atomic mass is 19.1. The van der Waals surface area contributed by atoms with Gasteiger partial charge in [-0.25, -0.2) is 14.4 Å². The van der Waals surface area contributed by atoms with Crippen molar-refractivity contribution in [2.24, 2.45) is 5.92 Å². The minimum Gasteiger partial charge on any atom is -0.355 e. The summed E-state index contributed by atoms with van der Waals surface area (Å²) in [6.07, 6.45) is 3.30. The van der Waals surface area contributed by atoms with E-state index in [1.807, 2.05) is 19.1 Å². The summed E-state index contributed by atoms with van der Waals surface area (Å²) in [6.45, 7) is 4.08. The number of nitrogens with zero attached hydrogens (tertiary/aromatic N) is 5. The number of hydrogen-bond donors (Lipinski definition) is 0. The number of piperidine rings is 1. The third-order valence-corrected chi connectivity index (χ3v) is 5.29. The Bertz CT molecular complexity index is 1130. The van der Waals surface area contributed by atoms with Crippen LogP contribution in [0.25, 0.3) is 10.9 Å². The normalized spacial score (nSPS) is 15.0. The Kier molecular flexibility index (Phi) is 4.78. The molecule has 142 valence electrons. The zero-order valence-electron chi connectivity index (χ0n) is 15.6. The lowest BCUT2D eigenvalue weighted by atomic mass is 9.96. The van der Waals surface area contributed by atoms with E-state index in [4.69, 9.17) is 0 Å². The SMILES string of the molecule is Cc1ccc(C#N)c(N2CCC(Cn3cnc4cc(F)ccc4c3=O)CC2)n1. The minimum absolute atomic E-state index is 0.139. The molecule has 4 rings (SSSR count). The first-order chi connectivity index (χ1) is 13.5. The van der Waals surface area contributed by atoms with E-state index in [1.165, 1.54) is 24.5 Å². The molecular weight excluding hydrogens is 357 g/mol. The highest BCUT2D eigenvalue weighted by molar-refractivity contribution is 5.77. The number of aryl methyl sites for hydroxylation is 1. The standard InChI is InChI=1S/C21H20FN5O/c1-14-2-3-16(11-23)20(25-14)26-8-6-15(7-9-26)12-27-13-24-19-10-17(22)4-5-18(19)21(27)28/h2-5,10,13,15H,6-9,12H2,1H3. The van der Waals surface area contributed by atoms with Crippen LogP contribution in [0.1, 0.15) is 24.1 Å². The molecule has 0 atom stereocenters. The van der Waals surface area contributed by atoms with Crippen LogP contribution in [0.3, 0.4) is 0 Å². The summed E-state index contributed by atoms with van der Waals surface area (Å²) in [5, 5.41) is 9.77. The number of anilines is 1. The van der Waals surface area contributed by atoms with Crippen molar-refractivity contribution in [1.82, 2.24) is 14.5 Å². The van der Waals surface area contributed by atoms with Gasteiger partial charge in [0.1, 0.15) is 17.7 Å². The topological polar surface area (TPSA) is 74.8 Å². The summed E-state index contributed by atoms with van der Waals surface area (Å²) in [7, 11) is 0. The molecule has 1 aliphatic rings. The predicted octanol–water partition coefficient (Wildman–Crippen LogP) is 3.03. The second-order valence-electron chi connectivity index (χ2n) is 7.23. The quantitative estimate of drug-likeness (QED) is 0.701. The third kappa shape index (κ3) is 3.46. The fourth-order valence-electron chi connectivity index (χ4n) is 3.74. The second kappa shape index (κ2) is 7.39. The Morgan fingerprint density at radius 1 is 1.25 bits per heavy atom. The third-order valence-electron chi connectivity index (χ3n) is 5.29. The lowest BCUT2D eigenvalue weighted by molar-refractivity contribution is 0.351. The van der Waals surface area contributed by atoms with Crippen LogP contribution in [0.4, 0.5) is 10.2 Å². The van der Waals surface area contributed by atoms with Crippen LogP contribution >= 0.6 is 0 Å². The Balaban J connectivity index is 1.48. The number of aromatic nitrogens is 3. The zero-order chi connectivity index (χ0) is 19.7. The van der Waals surface area contributed by atoms with Crippen molar-refractivity contribution < 1.29 is 4.39 Å². The van der Waals surface area contributed by atoms with Gasteiger partial charge in [0.05, 0.1) is 22.8 Å². The lowest BCUT2D eigenvalue weighted by Gasteiger charge is -2.33. The van der Waals surface area contributed by atoms with Gasteiger partial charge in [-0.2, -0.15) is 5.26 Å². The summed E-state index contributed by atoms with van der Waals surface area (Å²) in [4.78, 5) is 23.6. The minimum atomic E-state index is -0.397. The average Bonchev–Trinajstić information content (AvgIpc) is 2.70. The summed E-state index contributed by atoms with van der Waals surface area (Å²) in [5.41, 5.74) is 1.72. The number of nitriles is 1. The van der Waals surface area contributed by atoms with Crippen molar-refractivity contribution in [3.8, 4) is 6.07 Å². The molecular formula is C21H20FN5O. The van der Waals surface area contributed by atoms with Gasteiger partial charge >= 0.3 is 0 Å². The molecule has 1 fully saturated rings. The lowest BCUT2D eigenvalue weighted by Crippen LogP contribution is -2.37. The first-order valence-electron chi connectivity index (χ1n) is 9.32. The zero-order valence-corrected chi connectivity index (χ0v) is 15.6. The number of rotatable bonds is 3. The van der Waals surface area contributed by atoms with Crippen LogP contribution in [0, 0.1) is 30.0 Å². The number of benzene rings is 1. The summed E-state index contributed by atoms with van der Waals surface area (Å²) in [6, 6.07) is 9.93. The van der Waals surface area contributed by atoms with Gasteiger partial charge in [-0.15, -0.1) is 0 Å². The van der Waals surface area contributed by atoms with Crippen molar-refractivity contribution in [1.29, 1.82) is 5.26 Å². The molecule has 7 heteroatoms. The van der Waals surface area contributed by atoms with Gasteiger partial charge in [-0.1, -0.05) is 0 Å². The highest BCUT2D eigenvalue weighted by Gasteiger charge is 2.23. The van der Waals surface area contributed by atoms with Gasteiger partial charge in [0.2, 0.25) is 0 Å². The molecule has 0 spiro atoms. The average molecular weight is 377 g/mol. The maximum atomic E-state index is 13.3. The number of halogens is 1. The summed E-state index contributed by atoms with van der Waals surface area (Å²) < 4.78 is 14.9.